The number of rotatable bonds is 5. The number of esters is 1. The van der Waals surface area contributed by atoms with Gasteiger partial charge in [-0.1, -0.05) is 66.7 Å². The van der Waals surface area contributed by atoms with Crippen molar-refractivity contribution in [3.05, 3.63) is 90.0 Å². The maximum atomic E-state index is 12.6. The lowest BCUT2D eigenvalue weighted by atomic mass is 10.0. The van der Waals surface area contributed by atoms with Gasteiger partial charge in [0, 0.05) is 11.3 Å². The maximum absolute atomic E-state index is 12.6. The summed E-state index contributed by atoms with van der Waals surface area (Å²) >= 11 is 0. The lowest BCUT2D eigenvalue weighted by molar-refractivity contribution is -0.123. The molecule has 0 unspecified atom stereocenters. The van der Waals surface area contributed by atoms with Crippen molar-refractivity contribution in [2.75, 3.05) is 5.32 Å². The van der Waals surface area contributed by atoms with Crippen molar-refractivity contribution < 1.29 is 14.3 Å². The number of benzene rings is 3. The molecule has 0 aliphatic rings. The van der Waals surface area contributed by atoms with E-state index in [2.05, 4.69) is 5.32 Å². The lowest BCUT2D eigenvalue weighted by Gasteiger charge is -2.16. The van der Waals surface area contributed by atoms with E-state index < -0.39 is 12.1 Å². The third-order valence-corrected chi connectivity index (χ3v) is 4.29. The quantitative estimate of drug-likeness (QED) is 0.663. The number of carbonyl (C=O) groups is 2. The summed E-state index contributed by atoms with van der Waals surface area (Å²) in [5.74, 6) is -0.882. The third-order valence-electron chi connectivity index (χ3n) is 4.29. The summed E-state index contributed by atoms with van der Waals surface area (Å²) < 4.78 is 5.35. The molecule has 0 aliphatic carbocycles. The fourth-order valence-electron chi connectivity index (χ4n) is 2.78. The van der Waals surface area contributed by atoms with Crippen LogP contribution in [-0.4, -0.2) is 18.0 Å². The van der Waals surface area contributed by atoms with Crippen LogP contribution in [0.15, 0.2) is 78.9 Å². The molecule has 0 spiro atoms. The van der Waals surface area contributed by atoms with E-state index in [-0.39, 0.29) is 5.91 Å². The number of hydrogen-bond donors (Lipinski definition) is 1. The summed E-state index contributed by atoms with van der Waals surface area (Å²) in [7, 11) is 0. The number of carbonyl (C=O) groups excluding carboxylic acids is 2. The second-order valence-corrected chi connectivity index (χ2v) is 6.26. The van der Waals surface area contributed by atoms with Crippen LogP contribution in [0, 0.1) is 6.92 Å². The van der Waals surface area contributed by atoms with Gasteiger partial charge in [-0.25, -0.2) is 4.79 Å². The molecule has 0 heterocycles. The third kappa shape index (κ3) is 4.42. The smallest absolute Gasteiger partial charge is 0.339 e. The number of ether oxygens (including phenoxy) is 1. The van der Waals surface area contributed by atoms with Crippen LogP contribution in [0.5, 0.6) is 0 Å². The lowest BCUT2D eigenvalue weighted by Crippen LogP contribution is -2.30. The molecule has 136 valence electrons. The van der Waals surface area contributed by atoms with E-state index in [4.69, 9.17) is 4.74 Å². The van der Waals surface area contributed by atoms with Crippen LogP contribution in [0.25, 0.3) is 11.1 Å². The van der Waals surface area contributed by atoms with Crippen LogP contribution < -0.4 is 5.32 Å². The van der Waals surface area contributed by atoms with Gasteiger partial charge in [0.25, 0.3) is 5.91 Å². The highest BCUT2D eigenvalue weighted by atomic mass is 16.5. The molecule has 3 aromatic carbocycles. The normalized spacial score (nSPS) is 11.5. The summed E-state index contributed by atoms with van der Waals surface area (Å²) in [5.41, 5.74) is 3.85. The summed E-state index contributed by atoms with van der Waals surface area (Å²) in [4.78, 5) is 24.9. The minimum absolute atomic E-state index is 0.375. The predicted octanol–water partition coefficient (Wildman–Crippen LogP) is 4.85. The molecular weight excluding hydrogens is 338 g/mol. The van der Waals surface area contributed by atoms with Crippen LogP contribution in [0.2, 0.25) is 0 Å². The highest BCUT2D eigenvalue weighted by Gasteiger charge is 2.20. The SMILES string of the molecule is Cc1ccccc1C(=O)O[C@@H](C)C(=O)Nc1ccccc1-c1ccccc1. The minimum Gasteiger partial charge on any atom is -0.449 e. The molecule has 0 saturated carbocycles. The number of hydrogen-bond acceptors (Lipinski definition) is 3. The Kier molecular flexibility index (Phi) is 5.67. The topological polar surface area (TPSA) is 55.4 Å². The van der Waals surface area contributed by atoms with Crippen molar-refractivity contribution in [1.29, 1.82) is 0 Å². The fourth-order valence-corrected chi connectivity index (χ4v) is 2.78. The predicted molar refractivity (Wildman–Crippen MR) is 107 cm³/mol. The number of amides is 1. The summed E-state index contributed by atoms with van der Waals surface area (Å²) in [6.45, 7) is 3.40. The Labute approximate surface area is 158 Å². The van der Waals surface area contributed by atoms with Crippen molar-refractivity contribution in [3.8, 4) is 11.1 Å². The average molecular weight is 359 g/mol. The Morgan fingerprint density at radius 1 is 0.852 bits per heavy atom. The van der Waals surface area contributed by atoms with Crippen LogP contribution in [-0.2, 0) is 9.53 Å². The molecule has 0 aliphatic heterocycles. The van der Waals surface area contributed by atoms with E-state index >= 15 is 0 Å². The summed E-state index contributed by atoms with van der Waals surface area (Å²) in [5, 5.41) is 2.86. The minimum atomic E-state index is -0.916. The van der Waals surface area contributed by atoms with Gasteiger partial charge in [0.2, 0.25) is 0 Å². The standard InChI is InChI=1S/C23H21NO3/c1-16-10-6-7-13-19(16)23(26)27-17(2)22(25)24-21-15-9-8-14-20(21)18-11-4-3-5-12-18/h3-15,17H,1-2H3,(H,24,25)/t17-/m0/s1. The van der Waals surface area contributed by atoms with Gasteiger partial charge in [-0.05, 0) is 37.1 Å². The van der Waals surface area contributed by atoms with Gasteiger partial charge >= 0.3 is 5.97 Å². The molecule has 0 saturated heterocycles. The molecule has 3 rings (SSSR count). The highest BCUT2D eigenvalue weighted by molar-refractivity contribution is 6.00. The van der Waals surface area contributed by atoms with Gasteiger partial charge in [-0.2, -0.15) is 0 Å². The van der Waals surface area contributed by atoms with Gasteiger partial charge in [0.05, 0.1) is 5.56 Å². The Morgan fingerprint density at radius 3 is 2.22 bits per heavy atom. The molecule has 4 nitrogen and oxygen atoms in total. The first-order chi connectivity index (χ1) is 13.1. The number of aryl methyl sites for hydroxylation is 1. The molecule has 1 atom stereocenters. The van der Waals surface area contributed by atoms with Crippen molar-refractivity contribution in [1.82, 2.24) is 0 Å². The number of anilines is 1. The van der Waals surface area contributed by atoms with Gasteiger partial charge in [-0.3, -0.25) is 4.79 Å². The Bertz CT molecular complexity index is 951. The second-order valence-electron chi connectivity index (χ2n) is 6.26. The number of para-hydroxylation sites is 1. The van der Waals surface area contributed by atoms with E-state index in [0.29, 0.717) is 11.3 Å². The maximum Gasteiger partial charge on any atom is 0.339 e. The zero-order valence-electron chi connectivity index (χ0n) is 15.3. The largest absolute Gasteiger partial charge is 0.449 e. The first kappa shape index (κ1) is 18.4. The molecule has 0 radical (unpaired) electrons. The van der Waals surface area contributed by atoms with Crippen molar-refractivity contribution in [3.63, 3.8) is 0 Å². The first-order valence-corrected chi connectivity index (χ1v) is 8.78. The van der Waals surface area contributed by atoms with E-state index in [1.807, 2.05) is 73.7 Å². The zero-order chi connectivity index (χ0) is 19.2. The molecule has 0 fully saturated rings. The molecule has 1 N–H and O–H groups in total. The molecule has 4 heteroatoms. The molecule has 3 aromatic rings. The van der Waals surface area contributed by atoms with Crippen LogP contribution in [0.4, 0.5) is 5.69 Å². The molecule has 27 heavy (non-hydrogen) atoms. The van der Waals surface area contributed by atoms with Gasteiger partial charge in [0.1, 0.15) is 0 Å². The van der Waals surface area contributed by atoms with E-state index in [1.165, 1.54) is 0 Å². The van der Waals surface area contributed by atoms with Crippen LogP contribution >= 0.6 is 0 Å². The average Bonchev–Trinajstić information content (AvgIpc) is 2.69. The van der Waals surface area contributed by atoms with E-state index in [0.717, 1.165) is 16.7 Å². The van der Waals surface area contributed by atoms with E-state index in [9.17, 15) is 9.59 Å². The highest BCUT2D eigenvalue weighted by Crippen LogP contribution is 2.27. The Balaban J connectivity index is 1.73. The molecule has 1 amide bonds. The van der Waals surface area contributed by atoms with Gasteiger partial charge in [0.15, 0.2) is 6.10 Å². The van der Waals surface area contributed by atoms with Crippen molar-refractivity contribution in [2.24, 2.45) is 0 Å². The van der Waals surface area contributed by atoms with Crippen LogP contribution in [0.1, 0.15) is 22.8 Å². The zero-order valence-corrected chi connectivity index (χ0v) is 15.3. The van der Waals surface area contributed by atoms with Crippen molar-refractivity contribution >= 4 is 17.6 Å². The van der Waals surface area contributed by atoms with E-state index in [1.54, 1.807) is 19.1 Å². The molecular formula is C23H21NO3. The monoisotopic (exact) mass is 359 g/mol. The van der Waals surface area contributed by atoms with Crippen molar-refractivity contribution in [2.45, 2.75) is 20.0 Å². The Hall–Kier alpha value is -3.40. The fraction of sp³-hybridized carbons (Fsp3) is 0.130. The summed E-state index contributed by atoms with van der Waals surface area (Å²) in [6.07, 6.45) is -0.916. The van der Waals surface area contributed by atoms with Crippen LogP contribution in [0.3, 0.4) is 0 Å². The molecule has 0 aromatic heterocycles. The Morgan fingerprint density at radius 2 is 1.48 bits per heavy atom. The number of nitrogens with one attached hydrogen (secondary N) is 1. The second kappa shape index (κ2) is 8.32. The summed E-state index contributed by atoms with van der Waals surface area (Å²) in [6, 6.07) is 24.5. The van der Waals surface area contributed by atoms with Gasteiger partial charge in [-0.15, -0.1) is 0 Å². The van der Waals surface area contributed by atoms with Gasteiger partial charge < -0.3 is 10.1 Å². The molecule has 0 bridgehead atoms. The first-order valence-electron chi connectivity index (χ1n) is 8.78.